The van der Waals surface area contributed by atoms with Gasteiger partial charge in [-0.25, -0.2) is 9.98 Å². The molecule has 0 saturated heterocycles. The lowest BCUT2D eigenvalue weighted by molar-refractivity contribution is 0.0277. The predicted molar refractivity (Wildman–Crippen MR) is 129 cm³/mol. The van der Waals surface area contributed by atoms with Crippen molar-refractivity contribution in [3.05, 3.63) is 48.5 Å². The van der Waals surface area contributed by atoms with E-state index >= 15 is 0 Å². The quantitative estimate of drug-likeness (QED) is 0.228. The number of aromatic nitrogens is 2. The van der Waals surface area contributed by atoms with Crippen molar-refractivity contribution in [3.8, 4) is 5.69 Å². The summed E-state index contributed by atoms with van der Waals surface area (Å²) in [7, 11) is 0. The van der Waals surface area contributed by atoms with Crippen LogP contribution in [0.5, 0.6) is 0 Å². The molecule has 0 aliphatic heterocycles. The molecule has 2 aromatic rings. The first-order valence-electron chi connectivity index (χ1n) is 10.6. The summed E-state index contributed by atoms with van der Waals surface area (Å²) in [5.41, 5.74) is 2.28. The Kier molecular flexibility index (Phi) is 11.1. The van der Waals surface area contributed by atoms with E-state index in [-0.39, 0.29) is 24.0 Å². The summed E-state index contributed by atoms with van der Waals surface area (Å²) < 4.78 is 8.02. The second kappa shape index (κ2) is 13.6. The zero-order valence-corrected chi connectivity index (χ0v) is 19.7. The lowest BCUT2D eigenvalue weighted by Gasteiger charge is -2.22. The second-order valence-corrected chi connectivity index (χ2v) is 7.20. The van der Waals surface area contributed by atoms with Crippen LogP contribution in [0.15, 0.2) is 48.0 Å². The zero-order chi connectivity index (χ0) is 19.4. The molecule has 2 N–H and O–H groups in total. The Hall–Kier alpha value is -1.61. The van der Waals surface area contributed by atoms with Crippen molar-refractivity contribution in [1.29, 1.82) is 0 Å². The number of aliphatic imine (C=N–C) groups is 1. The minimum atomic E-state index is 0. The van der Waals surface area contributed by atoms with Crippen molar-refractivity contribution in [3.63, 3.8) is 0 Å². The third kappa shape index (κ3) is 7.97. The van der Waals surface area contributed by atoms with Gasteiger partial charge in [0.25, 0.3) is 0 Å². The Morgan fingerprint density at radius 3 is 2.79 bits per heavy atom. The van der Waals surface area contributed by atoms with Gasteiger partial charge in [0.2, 0.25) is 0 Å². The van der Waals surface area contributed by atoms with Gasteiger partial charge in [-0.15, -0.1) is 24.0 Å². The third-order valence-corrected chi connectivity index (χ3v) is 5.05. The maximum Gasteiger partial charge on any atom is 0.191 e. The highest BCUT2D eigenvalue weighted by atomic mass is 127. The van der Waals surface area contributed by atoms with Gasteiger partial charge in [0.05, 0.1) is 24.7 Å². The van der Waals surface area contributed by atoms with Gasteiger partial charge < -0.3 is 19.9 Å². The number of ether oxygens (including phenoxy) is 1. The maximum atomic E-state index is 6.00. The fourth-order valence-corrected chi connectivity index (χ4v) is 3.56. The summed E-state index contributed by atoms with van der Waals surface area (Å²) in [5.74, 6) is 0.848. The highest BCUT2D eigenvalue weighted by Gasteiger charge is 2.13. The third-order valence-electron chi connectivity index (χ3n) is 5.05. The minimum absolute atomic E-state index is 0. The van der Waals surface area contributed by atoms with E-state index in [2.05, 4.69) is 34.7 Å². The number of imidazole rings is 1. The summed E-state index contributed by atoms with van der Waals surface area (Å²) >= 11 is 0. The van der Waals surface area contributed by atoms with Crippen LogP contribution >= 0.6 is 24.0 Å². The van der Waals surface area contributed by atoms with E-state index < -0.39 is 0 Å². The van der Waals surface area contributed by atoms with Gasteiger partial charge in [-0.1, -0.05) is 37.5 Å². The molecule has 0 bridgehead atoms. The fourth-order valence-electron chi connectivity index (χ4n) is 3.56. The number of para-hydroxylation sites is 1. The van der Waals surface area contributed by atoms with Gasteiger partial charge in [0, 0.05) is 32.1 Å². The van der Waals surface area contributed by atoms with Crippen LogP contribution in [0.4, 0.5) is 0 Å². The average molecular weight is 511 g/mol. The van der Waals surface area contributed by atoms with Gasteiger partial charge in [-0.05, 0) is 37.8 Å². The molecule has 1 aromatic heterocycles. The first-order chi connectivity index (χ1) is 13.9. The van der Waals surface area contributed by atoms with Crippen LogP contribution in [0.3, 0.4) is 0 Å². The maximum absolute atomic E-state index is 6.00. The molecule has 160 valence electrons. The lowest BCUT2D eigenvalue weighted by atomic mass is 9.98. The summed E-state index contributed by atoms with van der Waals surface area (Å²) in [5, 5.41) is 6.75. The van der Waals surface area contributed by atoms with E-state index in [1.807, 2.05) is 29.2 Å². The topological polar surface area (TPSA) is 63.5 Å². The Labute approximate surface area is 191 Å². The average Bonchev–Trinajstić information content (AvgIpc) is 3.27. The van der Waals surface area contributed by atoms with Crippen LogP contribution < -0.4 is 10.6 Å². The van der Waals surface area contributed by atoms with Crippen molar-refractivity contribution < 1.29 is 4.74 Å². The first kappa shape index (κ1) is 23.7. The highest BCUT2D eigenvalue weighted by Crippen LogP contribution is 2.20. The number of nitrogens with zero attached hydrogens (tertiary/aromatic N) is 3. The largest absolute Gasteiger partial charge is 0.378 e. The number of benzene rings is 1. The molecular formula is C22H34IN5O. The molecule has 6 nitrogen and oxygen atoms in total. The number of nitrogens with one attached hydrogen (secondary N) is 2. The van der Waals surface area contributed by atoms with Crippen molar-refractivity contribution in [1.82, 2.24) is 20.2 Å². The monoisotopic (exact) mass is 511 g/mol. The molecule has 1 aliphatic rings. The summed E-state index contributed by atoms with van der Waals surface area (Å²) in [4.78, 5) is 8.91. The van der Waals surface area contributed by atoms with Crippen LogP contribution in [0, 0.1) is 0 Å². The molecule has 0 atom stereocenters. The van der Waals surface area contributed by atoms with Gasteiger partial charge >= 0.3 is 0 Å². The van der Waals surface area contributed by atoms with Crippen LogP contribution in [0.2, 0.25) is 0 Å². The molecule has 0 radical (unpaired) electrons. The molecular weight excluding hydrogens is 477 g/mol. The Bertz CT molecular complexity index is 714. The molecule has 0 spiro atoms. The minimum Gasteiger partial charge on any atom is -0.378 e. The molecule has 1 aromatic carbocycles. The zero-order valence-electron chi connectivity index (χ0n) is 17.3. The number of halogens is 1. The number of guanidine groups is 1. The van der Waals surface area contributed by atoms with Crippen molar-refractivity contribution in [2.24, 2.45) is 4.99 Å². The Morgan fingerprint density at radius 2 is 2.03 bits per heavy atom. The number of hydrogen-bond acceptors (Lipinski definition) is 3. The molecule has 1 heterocycles. The normalized spacial score (nSPS) is 15.0. The predicted octanol–water partition coefficient (Wildman–Crippen LogP) is 4.28. The van der Waals surface area contributed by atoms with Gasteiger partial charge in [-0.3, -0.25) is 0 Å². The van der Waals surface area contributed by atoms with Crippen molar-refractivity contribution in [2.75, 3.05) is 19.7 Å². The van der Waals surface area contributed by atoms with Crippen LogP contribution in [-0.2, 0) is 11.3 Å². The second-order valence-electron chi connectivity index (χ2n) is 7.20. The van der Waals surface area contributed by atoms with Gasteiger partial charge in [-0.2, -0.15) is 0 Å². The van der Waals surface area contributed by atoms with E-state index in [0.717, 1.165) is 37.8 Å². The van der Waals surface area contributed by atoms with Gasteiger partial charge in [0.15, 0.2) is 5.96 Å². The standard InChI is InChI=1S/C22H33N5O.HI/c1-2-24-22(25-13-8-16-28-20-10-4-3-5-11-20)26-17-19-9-6-7-12-21(19)27-15-14-23-18-27;/h6-7,9,12,14-15,18,20H,2-5,8,10-11,13,16-17H2,1H3,(H2,24,25,26);1H. The van der Waals surface area contributed by atoms with Crippen LogP contribution in [-0.4, -0.2) is 41.3 Å². The van der Waals surface area contributed by atoms with E-state index in [4.69, 9.17) is 9.73 Å². The van der Waals surface area contributed by atoms with E-state index in [1.165, 1.54) is 37.7 Å². The molecule has 0 amide bonds. The number of hydrogen-bond donors (Lipinski definition) is 2. The summed E-state index contributed by atoms with van der Waals surface area (Å²) in [6.07, 6.45) is 13.5. The smallest absolute Gasteiger partial charge is 0.191 e. The van der Waals surface area contributed by atoms with Gasteiger partial charge in [0.1, 0.15) is 0 Å². The molecule has 1 aliphatic carbocycles. The molecule has 3 rings (SSSR count). The first-order valence-corrected chi connectivity index (χ1v) is 10.6. The SMILES string of the molecule is CCNC(=NCc1ccccc1-n1ccnc1)NCCCOC1CCCCC1.I. The van der Waals surface area contributed by atoms with Crippen molar-refractivity contribution >= 4 is 29.9 Å². The lowest BCUT2D eigenvalue weighted by Crippen LogP contribution is -2.38. The van der Waals surface area contributed by atoms with E-state index in [0.29, 0.717) is 12.6 Å². The molecule has 1 saturated carbocycles. The number of rotatable bonds is 9. The van der Waals surface area contributed by atoms with Crippen molar-refractivity contribution in [2.45, 2.75) is 58.1 Å². The highest BCUT2D eigenvalue weighted by molar-refractivity contribution is 14.0. The fraction of sp³-hybridized carbons (Fsp3) is 0.545. The molecule has 0 unspecified atom stereocenters. The van der Waals surface area contributed by atoms with Crippen LogP contribution in [0.1, 0.15) is 51.0 Å². The Balaban J connectivity index is 0.00000300. The van der Waals surface area contributed by atoms with Crippen LogP contribution in [0.25, 0.3) is 5.69 Å². The molecule has 29 heavy (non-hydrogen) atoms. The Morgan fingerprint density at radius 1 is 1.21 bits per heavy atom. The summed E-state index contributed by atoms with van der Waals surface area (Å²) in [6.45, 7) is 5.22. The molecule has 7 heteroatoms. The van der Waals surface area contributed by atoms with E-state index in [9.17, 15) is 0 Å². The summed E-state index contributed by atoms with van der Waals surface area (Å²) in [6, 6.07) is 8.29. The molecule has 1 fully saturated rings. The van der Waals surface area contributed by atoms with E-state index in [1.54, 1.807) is 6.20 Å².